The maximum atomic E-state index is 12.7. The minimum Gasteiger partial charge on any atom is -0.545 e. The highest BCUT2D eigenvalue weighted by molar-refractivity contribution is 5.70. The highest BCUT2D eigenvalue weighted by Gasteiger charge is 2.22. The van der Waals surface area contributed by atoms with Crippen molar-refractivity contribution in [2.75, 3.05) is 47.5 Å². The molecule has 2 unspecified atom stereocenters. The van der Waals surface area contributed by atoms with Crippen LogP contribution < -0.4 is 5.11 Å². The lowest BCUT2D eigenvalue weighted by Crippen LogP contribution is -2.44. The van der Waals surface area contributed by atoms with Crippen molar-refractivity contribution in [3.8, 4) is 0 Å². The van der Waals surface area contributed by atoms with E-state index in [-0.39, 0.29) is 32.2 Å². The Morgan fingerprint density at radius 3 is 0.914 bits per heavy atom. The van der Waals surface area contributed by atoms with Gasteiger partial charge in [0.1, 0.15) is 13.2 Å². The molecule has 0 fully saturated rings. The molecule has 0 aliphatic rings. The van der Waals surface area contributed by atoms with Crippen LogP contribution in [0.25, 0.3) is 0 Å². The van der Waals surface area contributed by atoms with Crippen LogP contribution in [0.2, 0.25) is 0 Å². The van der Waals surface area contributed by atoms with Crippen molar-refractivity contribution >= 4 is 17.9 Å². The van der Waals surface area contributed by atoms with E-state index in [1.165, 1.54) is 238 Å². The second-order valence-corrected chi connectivity index (χ2v) is 22.4. The third-order valence-electron chi connectivity index (χ3n) is 14.1. The summed E-state index contributed by atoms with van der Waals surface area (Å²) in [6, 6.07) is 0. The average Bonchev–Trinajstić information content (AvgIpc) is 3.33. The summed E-state index contributed by atoms with van der Waals surface area (Å²) < 4.78 is 22.5. The number of quaternary nitrogens is 1. The molecular formula is C61H119NO8. The summed E-state index contributed by atoms with van der Waals surface area (Å²) in [6.07, 6.45) is 58.4. The Balaban J connectivity index is 3.69. The second-order valence-electron chi connectivity index (χ2n) is 22.4. The zero-order valence-electron chi connectivity index (χ0n) is 47.4. The maximum absolute atomic E-state index is 12.7. The van der Waals surface area contributed by atoms with Crippen LogP contribution in [0.15, 0.2) is 0 Å². The monoisotopic (exact) mass is 994 g/mol. The van der Waals surface area contributed by atoms with Crippen molar-refractivity contribution in [2.24, 2.45) is 0 Å². The molecule has 0 aromatic heterocycles. The Kier molecular flexibility index (Phi) is 52.3. The van der Waals surface area contributed by atoms with Gasteiger partial charge >= 0.3 is 11.9 Å². The van der Waals surface area contributed by atoms with E-state index < -0.39 is 24.3 Å². The van der Waals surface area contributed by atoms with Crippen molar-refractivity contribution in [3.63, 3.8) is 0 Å². The Morgan fingerprint density at radius 2 is 0.643 bits per heavy atom. The van der Waals surface area contributed by atoms with Crippen LogP contribution in [-0.2, 0) is 33.3 Å². The quantitative estimate of drug-likeness (QED) is 0.0256. The molecule has 9 nitrogen and oxygen atoms in total. The molecule has 0 aromatic carbocycles. The summed E-state index contributed by atoms with van der Waals surface area (Å²) in [5.41, 5.74) is 0. The molecule has 0 radical (unpaired) electrons. The lowest BCUT2D eigenvalue weighted by molar-refractivity contribution is -0.870. The number of aliphatic carboxylic acids is 1. The minimum absolute atomic E-state index is 0.152. The number of hydrogen-bond acceptors (Lipinski definition) is 8. The van der Waals surface area contributed by atoms with Crippen molar-refractivity contribution < 1.29 is 42.9 Å². The van der Waals surface area contributed by atoms with Gasteiger partial charge in [0.05, 0.1) is 40.3 Å². The maximum Gasteiger partial charge on any atom is 0.306 e. The van der Waals surface area contributed by atoms with E-state index >= 15 is 0 Å². The molecule has 0 N–H and O–H groups in total. The molecular weight excluding hydrogens is 875 g/mol. The van der Waals surface area contributed by atoms with Gasteiger partial charge in [0.25, 0.3) is 0 Å². The molecule has 2 atom stereocenters. The molecule has 416 valence electrons. The van der Waals surface area contributed by atoms with Gasteiger partial charge in [0.2, 0.25) is 0 Å². The van der Waals surface area contributed by atoms with Gasteiger partial charge in [-0.1, -0.05) is 290 Å². The van der Waals surface area contributed by atoms with E-state index in [2.05, 4.69) is 13.8 Å². The average molecular weight is 995 g/mol. The van der Waals surface area contributed by atoms with Gasteiger partial charge in [-0.2, -0.15) is 0 Å². The van der Waals surface area contributed by atoms with E-state index in [0.29, 0.717) is 17.4 Å². The smallest absolute Gasteiger partial charge is 0.306 e. The fourth-order valence-electron chi connectivity index (χ4n) is 9.36. The first-order valence-electron chi connectivity index (χ1n) is 30.7. The Hall–Kier alpha value is -1.71. The number of carboxylic acid groups (broad SMARTS) is 1. The lowest BCUT2D eigenvalue weighted by Gasteiger charge is -2.26. The van der Waals surface area contributed by atoms with Gasteiger partial charge in [-0.05, 0) is 12.8 Å². The number of likely N-dealkylation sites (N-methyl/N-ethyl adjacent to an activating group) is 1. The SMILES string of the molecule is CCCCCCCCCCCCCCCCCCCCCCCCCCCCCCCCCCCCCCCCCCC(=O)OC(COC(=O)CCCCCCC)COC(OCC[N+](C)(C)C)C(=O)[O-]. The topological polar surface area (TPSA) is 111 Å². The number of rotatable bonds is 58. The predicted octanol–water partition coefficient (Wildman–Crippen LogP) is 16.6. The molecule has 0 amide bonds. The normalized spacial score (nSPS) is 12.6. The van der Waals surface area contributed by atoms with Crippen LogP contribution in [-0.4, -0.2) is 82.3 Å². The van der Waals surface area contributed by atoms with E-state index in [1.807, 2.05) is 21.1 Å². The standard InChI is InChI=1S/C61H119NO8/c1-6-8-10-12-13-14-15-16-17-18-19-20-21-22-23-24-25-26-27-28-29-30-31-32-33-34-35-36-37-38-39-40-41-42-43-44-45-46-48-50-52-59(64)70-57(55-68-58(63)51-49-47-11-9-7-2)56-69-61(60(65)66)67-54-53-62(3,4)5/h57,61H,6-56H2,1-5H3. The van der Waals surface area contributed by atoms with Crippen molar-refractivity contribution in [1.82, 2.24) is 0 Å². The lowest BCUT2D eigenvalue weighted by atomic mass is 10.0. The largest absolute Gasteiger partial charge is 0.545 e. The predicted molar refractivity (Wildman–Crippen MR) is 293 cm³/mol. The summed E-state index contributed by atoms with van der Waals surface area (Å²) in [5, 5.41) is 11.7. The molecule has 0 aliphatic heterocycles. The van der Waals surface area contributed by atoms with Crippen LogP contribution in [0, 0.1) is 0 Å². The zero-order valence-corrected chi connectivity index (χ0v) is 47.4. The van der Waals surface area contributed by atoms with E-state index in [1.54, 1.807) is 0 Å². The van der Waals surface area contributed by atoms with Gasteiger partial charge < -0.3 is 33.3 Å². The van der Waals surface area contributed by atoms with Crippen LogP contribution in [0.5, 0.6) is 0 Å². The van der Waals surface area contributed by atoms with Crippen molar-refractivity contribution in [1.29, 1.82) is 0 Å². The summed E-state index contributed by atoms with van der Waals surface area (Å²) in [4.78, 5) is 36.8. The first-order valence-corrected chi connectivity index (χ1v) is 30.7. The Morgan fingerprint density at radius 1 is 0.371 bits per heavy atom. The van der Waals surface area contributed by atoms with Gasteiger partial charge in [-0.25, -0.2) is 0 Å². The number of carbonyl (C=O) groups is 3. The molecule has 70 heavy (non-hydrogen) atoms. The third kappa shape index (κ3) is 54.1. The summed E-state index contributed by atoms with van der Waals surface area (Å²) in [7, 11) is 5.91. The van der Waals surface area contributed by atoms with Crippen LogP contribution in [0.1, 0.15) is 316 Å². The Labute approximate surface area is 434 Å². The molecule has 0 aromatic rings. The van der Waals surface area contributed by atoms with Gasteiger partial charge in [-0.15, -0.1) is 0 Å². The van der Waals surface area contributed by atoms with Crippen molar-refractivity contribution in [3.05, 3.63) is 0 Å². The minimum atomic E-state index is -1.61. The fourth-order valence-corrected chi connectivity index (χ4v) is 9.36. The van der Waals surface area contributed by atoms with E-state index in [9.17, 15) is 19.5 Å². The number of carbonyl (C=O) groups excluding carboxylic acids is 3. The zero-order chi connectivity index (χ0) is 51.3. The molecule has 0 heterocycles. The van der Waals surface area contributed by atoms with E-state index in [4.69, 9.17) is 18.9 Å². The first kappa shape index (κ1) is 68.3. The number of ether oxygens (including phenoxy) is 4. The fraction of sp³-hybridized carbons (Fsp3) is 0.951. The van der Waals surface area contributed by atoms with Crippen LogP contribution in [0.4, 0.5) is 0 Å². The Bertz CT molecular complexity index is 1110. The third-order valence-corrected chi connectivity index (χ3v) is 14.1. The van der Waals surface area contributed by atoms with Gasteiger partial charge in [0.15, 0.2) is 12.4 Å². The van der Waals surface area contributed by atoms with Crippen molar-refractivity contribution in [2.45, 2.75) is 328 Å². The summed E-state index contributed by atoms with van der Waals surface area (Å²) in [6.45, 7) is 4.69. The molecule has 0 aliphatic carbocycles. The molecule has 0 bridgehead atoms. The van der Waals surface area contributed by atoms with Crippen LogP contribution >= 0.6 is 0 Å². The van der Waals surface area contributed by atoms with E-state index in [0.717, 1.165) is 51.4 Å². The molecule has 0 saturated heterocycles. The first-order chi connectivity index (χ1) is 34.1. The van der Waals surface area contributed by atoms with Gasteiger partial charge in [0, 0.05) is 12.8 Å². The number of carboxylic acids is 1. The highest BCUT2D eigenvalue weighted by atomic mass is 16.7. The summed E-state index contributed by atoms with van der Waals surface area (Å²) >= 11 is 0. The summed E-state index contributed by atoms with van der Waals surface area (Å²) in [5.74, 6) is -2.28. The molecule has 9 heteroatoms. The number of nitrogens with zero attached hydrogens (tertiary/aromatic N) is 1. The molecule has 0 spiro atoms. The second kappa shape index (κ2) is 53.6. The highest BCUT2D eigenvalue weighted by Crippen LogP contribution is 2.19. The van der Waals surface area contributed by atoms with Gasteiger partial charge in [-0.3, -0.25) is 9.59 Å². The molecule has 0 rings (SSSR count). The number of unbranched alkanes of at least 4 members (excludes halogenated alkanes) is 43. The van der Waals surface area contributed by atoms with Crippen LogP contribution in [0.3, 0.4) is 0 Å². The number of hydrogen-bond donors (Lipinski definition) is 0. The number of esters is 2. The molecule has 0 saturated carbocycles.